The molecule has 2 aliphatic rings. The van der Waals surface area contributed by atoms with Crippen LogP contribution in [0.15, 0.2) is 0 Å². The number of thioether (sulfide) groups is 1. The van der Waals surface area contributed by atoms with Crippen LogP contribution in [0.25, 0.3) is 0 Å². The van der Waals surface area contributed by atoms with Gasteiger partial charge in [-0.15, -0.1) is 0 Å². The molecule has 0 saturated carbocycles. The standard InChI is InChI=1S/C14H28N2S/c1-14(2)7-9-17-11-13(14)15-10-12-6-4-5-8-16(12)3/h12-13,15H,4-11H2,1-3H3. The molecule has 1 N–H and O–H groups in total. The van der Waals surface area contributed by atoms with Gasteiger partial charge < -0.3 is 10.2 Å². The minimum Gasteiger partial charge on any atom is -0.311 e. The van der Waals surface area contributed by atoms with Crippen LogP contribution >= 0.6 is 11.8 Å². The molecule has 2 heterocycles. The zero-order valence-electron chi connectivity index (χ0n) is 11.7. The van der Waals surface area contributed by atoms with Crippen molar-refractivity contribution in [2.75, 3.05) is 31.6 Å². The number of rotatable bonds is 3. The minimum absolute atomic E-state index is 0.485. The van der Waals surface area contributed by atoms with Crippen LogP contribution in [0.4, 0.5) is 0 Å². The number of likely N-dealkylation sites (N-methyl/N-ethyl adjacent to an activating group) is 1. The molecule has 2 atom stereocenters. The molecular weight excluding hydrogens is 228 g/mol. The van der Waals surface area contributed by atoms with Crippen LogP contribution in [0.2, 0.25) is 0 Å². The Morgan fingerprint density at radius 1 is 1.35 bits per heavy atom. The summed E-state index contributed by atoms with van der Waals surface area (Å²) >= 11 is 2.12. The van der Waals surface area contributed by atoms with Crippen LogP contribution in [-0.4, -0.2) is 48.6 Å². The molecule has 2 rings (SSSR count). The molecule has 0 aromatic heterocycles. The van der Waals surface area contributed by atoms with Crippen molar-refractivity contribution in [3.63, 3.8) is 0 Å². The Hall–Kier alpha value is 0.270. The normalized spacial score (nSPS) is 34.8. The molecule has 2 aliphatic heterocycles. The first-order valence-electron chi connectivity index (χ1n) is 7.11. The van der Waals surface area contributed by atoms with E-state index in [9.17, 15) is 0 Å². The zero-order valence-corrected chi connectivity index (χ0v) is 12.5. The molecule has 2 nitrogen and oxygen atoms in total. The van der Waals surface area contributed by atoms with E-state index >= 15 is 0 Å². The second-order valence-electron chi connectivity index (χ2n) is 6.40. The molecule has 0 aliphatic carbocycles. The predicted octanol–water partition coefficient (Wildman–Crippen LogP) is 2.59. The Morgan fingerprint density at radius 3 is 2.88 bits per heavy atom. The van der Waals surface area contributed by atoms with Gasteiger partial charge in [0.2, 0.25) is 0 Å². The van der Waals surface area contributed by atoms with Crippen molar-refractivity contribution in [1.82, 2.24) is 10.2 Å². The van der Waals surface area contributed by atoms with Gasteiger partial charge in [-0.1, -0.05) is 20.3 Å². The largest absolute Gasteiger partial charge is 0.311 e. The summed E-state index contributed by atoms with van der Waals surface area (Å²) in [5.41, 5.74) is 0.485. The Labute approximate surface area is 111 Å². The monoisotopic (exact) mass is 256 g/mol. The van der Waals surface area contributed by atoms with Gasteiger partial charge in [-0.25, -0.2) is 0 Å². The molecule has 0 aromatic carbocycles. The molecule has 0 spiro atoms. The average Bonchev–Trinajstić information content (AvgIpc) is 2.29. The number of nitrogens with one attached hydrogen (secondary N) is 1. The highest BCUT2D eigenvalue weighted by molar-refractivity contribution is 7.99. The first kappa shape index (κ1) is 13.7. The Kier molecular flexibility index (Phi) is 4.79. The van der Waals surface area contributed by atoms with Crippen LogP contribution in [0.3, 0.4) is 0 Å². The number of nitrogens with zero attached hydrogens (tertiary/aromatic N) is 1. The number of likely N-dealkylation sites (tertiary alicyclic amines) is 1. The van der Waals surface area contributed by atoms with Crippen molar-refractivity contribution in [2.24, 2.45) is 5.41 Å². The SMILES string of the molecule is CN1CCCCC1CNC1CSCCC1(C)C. The van der Waals surface area contributed by atoms with Gasteiger partial charge in [-0.2, -0.15) is 11.8 Å². The molecule has 3 heteroatoms. The Bertz CT molecular complexity index is 242. The third-order valence-electron chi connectivity index (χ3n) is 4.64. The summed E-state index contributed by atoms with van der Waals surface area (Å²) in [6.45, 7) is 7.32. The van der Waals surface area contributed by atoms with Crippen molar-refractivity contribution < 1.29 is 0 Å². The van der Waals surface area contributed by atoms with Gasteiger partial charge in [0, 0.05) is 24.4 Å². The van der Waals surface area contributed by atoms with E-state index in [0.717, 1.165) is 6.04 Å². The lowest BCUT2D eigenvalue weighted by Crippen LogP contribution is -2.52. The van der Waals surface area contributed by atoms with Crippen LogP contribution in [0, 0.1) is 5.41 Å². The molecule has 2 fully saturated rings. The highest BCUT2D eigenvalue weighted by atomic mass is 32.2. The highest BCUT2D eigenvalue weighted by Gasteiger charge is 2.32. The first-order valence-corrected chi connectivity index (χ1v) is 8.26. The lowest BCUT2D eigenvalue weighted by molar-refractivity contribution is 0.162. The summed E-state index contributed by atoms with van der Waals surface area (Å²) in [4.78, 5) is 2.54. The summed E-state index contributed by atoms with van der Waals surface area (Å²) < 4.78 is 0. The molecule has 17 heavy (non-hydrogen) atoms. The van der Waals surface area contributed by atoms with Crippen LogP contribution in [0.1, 0.15) is 39.5 Å². The van der Waals surface area contributed by atoms with Gasteiger partial charge in [-0.3, -0.25) is 0 Å². The predicted molar refractivity (Wildman–Crippen MR) is 77.8 cm³/mol. The zero-order chi connectivity index (χ0) is 12.3. The van der Waals surface area contributed by atoms with Crippen LogP contribution in [-0.2, 0) is 0 Å². The van der Waals surface area contributed by atoms with Gasteiger partial charge in [-0.05, 0) is 44.0 Å². The molecule has 0 radical (unpaired) electrons. The summed E-state index contributed by atoms with van der Waals surface area (Å²) in [5.74, 6) is 2.64. The molecule has 0 bridgehead atoms. The lowest BCUT2D eigenvalue weighted by atomic mass is 9.82. The fourth-order valence-corrected chi connectivity index (χ4v) is 4.59. The lowest BCUT2D eigenvalue weighted by Gasteiger charge is -2.41. The third-order valence-corrected chi connectivity index (χ3v) is 5.70. The van der Waals surface area contributed by atoms with E-state index in [0.29, 0.717) is 11.5 Å². The van der Waals surface area contributed by atoms with E-state index in [1.807, 2.05) is 0 Å². The molecular formula is C14H28N2S. The van der Waals surface area contributed by atoms with Gasteiger partial charge >= 0.3 is 0 Å². The van der Waals surface area contributed by atoms with Gasteiger partial charge in [0.15, 0.2) is 0 Å². The topological polar surface area (TPSA) is 15.3 Å². The second-order valence-corrected chi connectivity index (χ2v) is 7.55. The molecule has 0 amide bonds. The van der Waals surface area contributed by atoms with E-state index < -0.39 is 0 Å². The fourth-order valence-electron chi connectivity index (χ4n) is 2.95. The van der Waals surface area contributed by atoms with Crippen LogP contribution in [0.5, 0.6) is 0 Å². The average molecular weight is 256 g/mol. The number of piperidine rings is 1. The highest BCUT2D eigenvalue weighted by Crippen LogP contribution is 2.34. The third kappa shape index (κ3) is 3.62. The summed E-state index contributed by atoms with van der Waals surface area (Å²) in [5, 5.41) is 3.85. The van der Waals surface area contributed by atoms with Crippen molar-refractivity contribution >= 4 is 11.8 Å². The maximum atomic E-state index is 3.85. The Morgan fingerprint density at radius 2 is 2.18 bits per heavy atom. The Balaban J connectivity index is 1.80. The van der Waals surface area contributed by atoms with Gasteiger partial charge in [0.05, 0.1) is 0 Å². The second kappa shape index (κ2) is 5.94. The fraction of sp³-hybridized carbons (Fsp3) is 1.00. The minimum atomic E-state index is 0.485. The van der Waals surface area contributed by atoms with Gasteiger partial charge in [0.1, 0.15) is 0 Å². The maximum Gasteiger partial charge on any atom is 0.0217 e. The van der Waals surface area contributed by atoms with E-state index in [2.05, 4.69) is 42.9 Å². The van der Waals surface area contributed by atoms with Gasteiger partial charge in [0.25, 0.3) is 0 Å². The molecule has 100 valence electrons. The smallest absolute Gasteiger partial charge is 0.0217 e. The summed E-state index contributed by atoms with van der Waals surface area (Å²) in [7, 11) is 2.28. The van der Waals surface area contributed by atoms with Crippen LogP contribution < -0.4 is 5.32 Å². The van der Waals surface area contributed by atoms with E-state index in [1.54, 1.807) is 0 Å². The first-order chi connectivity index (χ1) is 8.09. The number of hydrogen-bond acceptors (Lipinski definition) is 3. The summed E-state index contributed by atoms with van der Waals surface area (Å²) in [6, 6.07) is 1.48. The van der Waals surface area contributed by atoms with Crippen molar-refractivity contribution in [2.45, 2.75) is 51.6 Å². The van der Waals surface area contributed by atoms with E-state index in [-0.39, 0.29) is 0 Å². The van der Waals surface area contributed by atoms with Crippen molar-refractivity contribution in [1.29, 1.82) is 0 Å². The summed E-state index contributed by atoms with van der Waals surface area (Å²) in [6.07, 6.45) is 5.54. The van der Waals surface area contributed by atoms with E-state index in [1.165, 1.54) is 50.3 Å². The molecule has 2 unspecified atom stereocenters. The number of hydrogen-bond donors (Lipinski definition) is 1. The quantitative estimate of drug-likeness (QED) is 0.835. The van der Waals surface area contributed by atoms with E-state index in [4.69, 9.17) is 0 Å². The maximum absolute atomic E-state index is 3.85. The molecule has 0 aromatic rings. The van der Waals surface area contributed by atoms with Crippen molar-refractivity contribution in [3.8, 4) is 0 Å². The molecule has 2 saturated heterocycles. The van der Waals surface area contributed by atoms with Crippen molar-refractivity contribution in [3.05, 3.63) is 0 Å².